The van der Waals surface area contributed by atoms with Crippen LogP contribution < -0.4 is 10.6 Å². The first-order chi connectivity index (χ1) is 9.29. The number of aliphatic imine (C=N–C) groups is 1. The molecule has 2 rings (SSSR count). The quantitative estimate of drug-likeness (QED) is 0.564. The number of guanidine groups is 1. The van der Waals surface area contributed by atoms with E-state index in [0.29, 0.717) is 13.1 Å². The van der Waals surface area contributed by atoms with Crippen LogP contribution in [0.5, 0.6) is 0 Å². The molecule has 0 bridgehead atoms. The van der Waals surface area contributed by atoms with Gasteiger partial charge < -0.3 is 15.1 Å². The maximum atomic E-state index is 5.02. The molecule has 102 valence electrons. The van der Waals surface area contributed by atoms with E-state index in [4.69, 9.17) is 4.42 Å². The minimum atomic E-state index is 0.593. The molecule has 2 heterocycles. The van der Waals surface area contributed by atoms with Gasteiger partial charge in [0.15, 0.2) is 5.96 Å². The van der Waals surface area contributed by atoms with Crippen LogP contribution in [-0.2, 0) is 13.1 Å². The fourth-order valence-corrected chi connectivity index (χ4v) is 1.63. The third kappa shape index (κ3) is 3.87. The van der Waals surface area contributed by atoms with E-state index in [-0.39, 0.29) is 0 Å². The number of hydrogen-bond acceptors (Lipinski definition) is 3. The van der Waals surface area contributed by atoms with Gasteiger partial charge in [-0.3, -0.25) is 5.10 Å². The number of hydrogen-bond donors (Lipinski definition) is 3. The van der Waals surface area contributed by atoms with Crippen LogP contribution in [0, 0.1) is 6.92 Å². The van der Waals surface area contributed by atoms with Crippen LogP contribution in [0.4, 0.5) is 0 Å². The molecular weight excluding hydrogens is 242 g/mol. The Kier molecular flexibility index (Phi) is 4.60. The Morgan fingerprint density at radius 2 is 2.37 bits per heavy atom. The van der Waals surface area contributed by atoms with Gasteiger partial charge in [0.05, 0.1) is 25.3 Å². The molecule has 0 fully saturated rings. The van der Waals surface area contributed by atoms with Gasteiger partial charge in [0.2, 0.25) is 0 Å². The summed E-state index contributed by atoms with van der Waals surface area (Å²) < 4.78 is 5.02. The van der Waals surface area contributed by atoms with Gasteiger partial charge >= 0.3 is 0 Å². The molecule has 0 spiro atoms. The fourth-order valence-electron chi connectivity index (χ4n) is 1.63. The summed E-state index contributed by atoms with van der Waals surface area (Å²) in [6, 6.07) is 1.91. The number of H-pyrrole nitrogens is 1. The van der Waals surface area contributed by atoms with Crippen molar-refractivity contribution in [3.05, 3.63) is 41.6 Å². The van der Waals surface area contributed by atoms with Gasteiger partial charge in [0.25, 0.3) is 0 Å². The molecule has 6 nitrogen and oxygen atoms in total. The first kappa shape index (κ1) is 13.2. The lowest BCUT2D eigenvalue weighted by atomic mass is 10.3. The molecule has 3 N–H and O–H groups in total. The summed E-state index contributed by atoms with van der Waals surface area (Å²) in [5.74, 6) is 0.782. The van der Waals surface area contributed by atoms with Crippen molar-refractivity contribution in [1.29, 1.82) is 0 Å². The molecule has 0 amide bonds. The predicted octanol–water partition coefficient (Wildman–Crippen LogP) is 1.57. The van der Waals surface area contributed by atoms with Crippen LogP contribution in [0.3, 0.4) is 0 Å². The Balaban J connectivity index is 1.92. The maximum Gasteiger partial charge on any atom is 0.191 e. The van der Waals surface area contributed by atoms with Crippen molar-refractivity contribution >= 4 is 5.96 Å². The van der Waals surface area contributed by atoms with Crippen LogP contribution in [0.15, 0.2) is 34.2 Å². The van der Waals surface area contributed by atoms with Crippen molar-refractivity contribution in [3.63, 3.8) is 0 Å². The molecule has 6 heteroatoms. The van der Waals surface area contributed by atoms with Gasteiger partial charge in [-0.1, -0.05) is 0 Å². The number of aromatic amines is 1. The molecule has 0 aliphatic heterocycles. The molecule has 0 aliphatic rings. The van der Waals surface area contributed by atoms with Gasteiger partial charge in [0.1, 0.15) is 0 Å². The van der Waals surface area contributed by atoms with E-state index in [9.17, 15) is 0 Å². The number of nitrogens with one attached hydrogen (secondary N) is 3. The van der Waals surface area contributed by atoms with Crippen LogP contribution >= 0.6 is 0 Å². The zero-order chi connectivity index (χ0) is 13.5. The monoisotopic (exact) mass is 261 g/mol. The third-order valence-corrected chi connectivity index (χ3v) is 2.72. The van der Waals surface area contributed by atoms with E-state index in [1.165, 1.54) is 0 Å². The SMILES string of the molecule is CCNC(=NCc1ccoc1)NCc1cn[nH]c1C. The van der Waals surface area contributed by atoms with Crippen LogP contribution in [0.25, 0.3) is 0 Å². The lowest BCUT2D eigenvalue weighted by Crippen LogP contribution is -2.36. The van der Waals surface area contributed by atoms with Gasteiger partial charge in [-0.05, 0) is 19.9 Å². The summed E-state index contributed by atoms with van der Waals surface area (Å²) in [5.41, 5.74) is 3.25. The van der Waals surface area contributed by atoms with Crippen molar-refractivity contribution in [2.75, 3.05) is 6.54 Å². The summed E-state index contributed by atoms with van der Waals surface area (Å²) in [7, 11) is 0. The summed E-state index contributed by atoms with van der Waals surface area (Å²) in [6.45, 7) is 6.15. The minimum Gasteiger partial charge on any atom is -0.472 e. The summed E-state index contributed by atoms with van der Waals surface area (Å²) in [6.07, 6.45) is 5.18. The zero-order valence-electron chi connectivity index (χ0n) is 11.2. The van der Waals surface area contributed by atoms with Crippen molar-refractivity contribution in [2.45, 2.75) is 26.9 Å². The molecule has 19 heavy (non-hydrogen) atoms. The van der Waals surface area contributed by atoms with Crippen molar-refractivity contribution < 1.29 is 4.42 Å². The lowest BCUT2D eigenvalue weighted by molar-refractivity contribution is 0.564. The molecule has 2 aromatic heterocycles. The lowest BCUT2D eigenvalue weighted by Gasteiger charge is -2.10. The van der Waals surface area contributed by atoms with E-state index in [0.717, 1.165) is 29.3 Å². The smallest absolute Gasteiger partial charge is 0.191 e. The average molecular weight is 261 g/mol. The molecule has 2 aromatic rings. The highest BCUT2D eigenvalue weighted by atomic mass is 16.3. The normalized spacial score (nSPS) is 11.6. The third-order valence-electron chi connectivity index (χ3n) is 2.72. The molecule has 0 saturated heterocycles. The molecule has 0 unspecified atom stereocenters. The van der Waals surface area contributed by atoms with Crippen LogP contribution in [0.1, 0.15) is 23.7 Å². The second-order valence-electron chi connectivity index (χ2n) is 4.20. The molecule has 0 aromatic carbocycles. The zero-order valence-corrected chi connectivity index (χ0v) is 11.2. The average Bonchev–Trinajstić information content (AvgIpc) is 3.04. The first-order valence-corrected chi connectivity index (χ1v) is 6.31. The van der Waals surface area contributed by atoms with E-state index in [1.54, 1.807) is 12.5 Å². The number of furan rings is 1. The highest BCUT2D eigenvalue weighted by molar-refractivity contribution is 5.79. The highest BCUT2D eigenvalue weighted by Gasteiger charge is 2.02. The first-order valence-electron chi connectivity index (χ1n) is 6.31. The Hall–Kier alpha value is -2.24. The molecular formula is C13H19N5O. The number of nitrogens with zero attached hydrogens (tertiary/aromatic N) is 2. The van der Waals surface area contributed by atoms with Crippen LogP contribution in [0.2, 0.25) is 0 Å². The largest absolute Gasteiger partial charge is 0.472 e. The van der Waals surface area contributed by atoms with E-state index >= 15 is 0 Å². The Bertz CT molecular complexity index is 515. The minimum absolute atomic E-state index is 0.593. The molecule has 0 radical (unpaired) electrons. The Morgan fingerprint density at radius 3 is 3.00 bits per heavy atom. The standard InChI is InChI=1S/C13H19N5O/c1-3-14-13(15-6-11-4-5-19-9-11)16-7-12-8-17-18-10(12)2/h4-5,8-9H,3,6-7H2,1-2H3,(H,17,18)(H2,14,15,16). The van der Waals surface area contributed by atoms with E-state index in [2.05, 4.69) is 25.8 Å². The number of aryl methyl sites for hydroxylation is 1. The van der Waals surface area contributed by atoms with Crippen LogP contribution in [-0.4, -0.2) is 22.7 Å². The Morgan fingerprint density at radius 1 is 1.47 bits per heavy atom. The Labute approximate surface area is 112 Å². The molecule has 0 atom stereocenters. The second-order valence-corrected chi connectivity index (χ2v) is 4.20. The maximum absolute atomic E-state index is 5.02. The molecule has 0 aliphatic carbocycles. The fraction of sp³-hybridized carbons (Fsp3) is 0.385. The van der Waals surface area contributed by atoms with E-state index < -0.39 is 0 Å². The van der Waals surface area contributed by atoms with Gasteiger partial charge in [-0.2, -0.15) is 5.10 Å². The predicted molar refractivity (Wildman–Crippen MR) is 73.7 cm³/mol. The van der Waals surface area contributed by atoms with Crippen molar-refractivity contribution in [2.24, 2.45) is 4.99 Å². The van der Waals surface area contributed by atoms with Crippen molar-refractivity contribution in [3.8, 4) is 0 Å². The highest BCUT2D eigenvalue weighted by Crippen LogP contribution is 2.03. The van der Waals surface area contributed by atoms with E-state index in [1.807, 2.05) is 26.1 Å². The summed E-state index contributed by atoms with van der Waals surface area (Å²) in [4.78, 5) is 4.49. The van der Waals surface area contributed by atoms with Gasteiger partial charge in [-0.25, -0.2) is 4.99 Å². The summed E-state index contributed by atoms with van der Waals surface area (Å²) in [5, 5.41) is 13.4. The van der Waals surface area contributed by atoms with Gasteiger partial charge in [-0.15, -0.1) is 0 Å². The molecule has 0 saturated carbocycles. The second kappa shape index (κ2) is 6.63. The topological polar surface area (TPSA) is 78.2 Å². The van der Waals surface area contributed by atoms with Crippen molar-refractivity contribution in [1.82, 2.24) is 20.8 Å². The summed E-state index contributed by atoms with van der Waals surface area (Å²) >= 11 is 0. The van der Waals surface area contributed by atoms with Gasteiger partial charge in [0, 0.05) is 29.9 Å². The number of rotatable bonds is 5. The number of aromatic nitrogens is 2.